The predicted molar refractivity (Wildman–Crippen MR) is 47.5 cm³/mol. The van der Waals surface area contributed by atoms with Gasteiger partial charge in [-0.1, -0.05) is 5.92 Å². The third kappa shape index (κ3) is 7.31. The highest BCUT2D eigenvalue weighted by atomic mass is 32.2. The van der Waals surface area contributed by atoms with Crippen molar-refractivity contribution in [3.8, 4) is 12.3 Å². The fourth-order valence-corrected chi connectivity index (χ4v) is 1.61. The van der Waals surface area contributed by atoms with Crippen LogP contribution in [0.2, 0.25) is 0 Å². The quantitative estimate of drug-likeness (QED) is 0.567. The molecule has 13 heavy (non-hydrogen) atoms. The number of carbonyl (C=O) groups is 1. The third-order valence-electron chi connectivity index (χ3n) is 1.20. The number of hydrogen-bond donors (Lipinski definition) is 2. The second-order valence-corrected chi connectivity index (χ2v) is 4.27. The smallest absolute Gasteiger partial charge is 0.303 e. The lowest BCUT2D eigenvalue weighted by molar-refractivity contribution is -0.137. The van der Waals surface area contributed by atoms with E-state index in [0.717, 1.165) is 0 Å². The highest BCUT2D eigenvalue weighted by Crippen LogP contribution is 1.93. The van der Waals surface area contributed by atoms with Gasteiger partial charge in [0.05, 0.1) is 12.3 Å². The maximum Gasteiger partial charge on any atom is 0.303 e. The van der Waals surface area contributed by atoms with Crippen LogP contribution in [0.25, 0.3) is 0 Å². The van der Waals surface area contributed by atoms with Gasteiger partial charge in [0.2, 0.25) is 10.0 Å². The van der Waals surface area contributed by atoms with E-state index in [1.54, 1.807) is 0 Å². The van der Waals surface area contributed by atoms with Crippen molar-refractivity contribution in [2.24, 2.45) is 0 Å². The molecule has 2 N–H and O–H groups in total. The van der Waals surface area contributed by atoms with Crippen molar-refractivity contribution in [1.82, 2.24) is 4.72 Å². The Hall–Kier alpha value is -1.06. The minimum absolute atomic E-state index is 0.0601. The van der Waals surface area contributed by atoms with E-state index in [-0.39, 0.29) is 25.1 Å². The zero-order valence-electron chi connectivity index (χ0n) is 6.99. The van der Waals surface area contributed by atoms with Crippen LogP contribution in [0.3, 0.4) is 0 Å². The summed E-state index contributed by atoms with van der Waals surface area (Å²) in [6.45, 7) is -0.0601. The molecule has 0 aromatic rings. The highest BCUT2D eigenvalue weighted by Gasteiger charge is 2.09. The Bertz CT molecular complexity index is 301. The number of rotatable bonds is 6. The molecule has 0 spiro atoms. The minimum Gasteiger partial charge on any atom is -0.481 e. The number of nitrogens with one attached hydrogen (secondary N) is 1. The Morgan fingerprint density at radius 1 is 1.54 bits per heavy atom. The van der Waals surface area contributed by atoms with Crippen LogP contribution in [0.4, 0.5) is 0 Å². The van der Waals surface area contributed by atoms with E-state index in [0.29, 0.717) is 0 Å². The molecule has 0 fully saturated rings. The van der Waals surface area contributed by atoms with Crippen LogP contribution in [0.5, 0.6) is 0 Å². The number of carboxylic acids is 1. The van der Waals surface area contributed by atoms with Gasteiger partial charge in [0.25, 0.3) is 0 Å². The van der Waals surface area contributed by atoms with Crippen LogP contribution in [0.1, 0.15) is 12.8 Å². The number of terminal acetylenes is 1. The molecule has 0 aromatic carbocycles. The van der Waals surface area contributed by atoms with Gasteiger partial charge in [-0.25, -0.2) is 13.1 Å². The van der Waals surface area contributed by atoms with Crippen molar-refractivity contribution in [2.45, 2.75) is 12.8 Å². The largest absolute Gasteiger partial charge is 0.481 e. The minimum atomic E-state index is -3.40. The summed E-state index contributed by atoms with van der Waals surface area (Å²) in [5, 5.41) is 8.24. The number of carboxylic acid groups (broad SMARTS) is 1. The normalized spacial score (nSPS) is 10.7. The van der Waals surface area contributed by atoms with Crippen LogP contribution in [-0.4, -0.2) is 31.8 Å². The maximum absolute atomic E-state index is 11.0. The Balaban J connectivity index is 3.78. The summed E-state index contributed by atoms with van der Waals surface area (Å²) in [7, 11) is -3.40. The molecule has 0 aromatic heterocycles. The molecule has 74 valence electrons. The summed E-state index contributed by atoms with van der Waals surface area (Å²) < 4.78 is 24.1. The summed E-state index contributed by atoms with van der Waals surface area (Å²) in [6.07, 6.45) is 4.78. The van der Waals surface area contributed by atoms with Crippen LogP contribution < -0.4 is 4.72 Å². The SMILES string of the molecule is C#CCNS(=O)(=O)CCCC(=O)O. The van der Waals surface area contributed by atoms with Gasteiger partial charge in [0.15, 0.2) is 0 Å². The molecular formula is C7H11NO4S. The molecule has 0 amide bonds. The summed E-state index contributed by atoms with van der Waals surface area (Å²) in [5.41, 5.74) is 0. The van der Waals surface area contributed by atoms with Crippen molar-refractivity contribution in [3.63, 3.8) is 0 Å². The molecule has 0 aliphatic carbocycles. The van der Waals surface area contributed by atoms with Crippen molar-refractivity contribution >= 4 is 16.0 Å². The van der Waals surface area contributed by atoms with E-state index in [4.69, 9.17) is 11.5 Å². The molecule has 5 nitrogen and oxygen atoms in total. The van der Waals surface area contributed by atoms with E-state index >= 15 is 0 Å². The third-order valence-corrected chi connectivity index (χ3v) is 2.61. The topological polar surface area (TPSA) is 83.5 Å². The first-order chi connectivity index (χ1) is 5.98. The molecule has 6 heteroatoms. The van der Waals surface area contributed by atoms with E-state index < -0.39 is 16.0 Å². The van der Waals surface area contributed by atoms with Crippen LogP contribution in [0.15, 0.2) is 0 Å². The molecule has 0 aliphatic rings. The van der Waals surface area contributed by atoms with E-state index in [1.165, 1.54) is 0 Å². The predicted octanol–water partition coefficient (Wildman–Crippen LogP) is -0.596. The van der Waals surface area contributed by atoms with Crippen molar-refractivity contribution in [3.05, 3.63) is 0 Å². The maximum atomic E-state index is 11.0. The Morgan fingerprint density at radius 3 is 2.62 bits per heavy atom. The molecule has 0 saturated carbocycles. The Kier molecular flexibility index (Phi) is 5.11. The fourth-order valence-electron chi connectivity index (χ4n) is 0.637. The van der Waals surface area contributed by atoms with Gasteiger partial charge in [-0.05, 0) is 6.42 Å². The first-order valence-corrected chi connectivity index (χ1v) is 5.26. The summed E-state index contributed by atoms with van der Waals surface area (Å²) in [5.74, 6) is 0.902. The standard InChI is InChI=1S/C7H11NO4S/c1-2-5-8-13(11,12)6-3-4-7(9)10/h1,8H,3-6H2,(H,9,10). The lowest BCUT2D eigenvalue weighted by Gasteiger charge is -2.01. The molecule has 0 radical (unpaired) electrons. The van der Waals surface area contributed by atoms with Crippen molar-refractivity contribution < 1.29 is 18.3 Å². The Morgan fingerprint density at radius 2 is 2.15 bits per heavy atom. The van der Waals surface area contributed by atoms with Gasteiger partial charge in [0, 0.05) is 6.42 Å². The van der Waals surface area contributed by atoms with E-state index in [2.05, 4.69) is 10.6 Å². The number of hydrogen-bond acceptors (Lipinski definition) is 3. The molecule has 0 unspecified atom stereocenters. The number of sulfonamides is 1. The van der Waals surface area contributed by atoms with E-state index in [1.807, 2.05) is 0 Å². The average Bonchev–Trinajstić information content (AvgIpc) is 2.00. The fraction of sp³-hybridized carbons (Fsp3) is 0.571. The molecule has 0 bridgehead atoms. The van der Waals surface area contributed by atoms with Crippen molar-refractivity contribution in [1.29, 1.82) is 0 Å². The molecule has 0 aliphatic heterocycles. The monoisotopic (exact) mass is 205 g/mol. The van der Waals surface area contributed by atoms with Gasteiger partial charge in [-0.2, -0.15) is 0 Å². The summed E-state index contributed by atoms with van der Waals surface area (Å²) in [4.78, 5) is 10.1. The zero-order valence-corrected chi connectivity index (χ0v) is 7.80. The van der Waals surface area contributed by atoms with E-state index in [9.17, 15) is 13.2 Å². The van der Waals surface area contributed by atoms with Crippen LogP contribution >= 0.6 is 0 Å². The van der Waals surface area contributed by atoms with Crippen molar-refractivity contribution in [2.75, 3.05) is 12.3 Å². The number of aliphatic carboxylic acids is 1. The molecule has 0 saturated heterocycles. The average molecular weight is 205 g/mol. The lowest BCUT2D eigenvalue weighted by atomic mass is 10.3. The highest BCUT2D eigenvalue weighted by molar-refractivity contribution is 7.89. The first kappa shape index (κ1) is 11.9. The van der Waals surface area contributed by atoms with Gasteiger partial charge in [-0.15, -0.1) is 6.42 Å². The molecule has 0 atom stereocenters. The lowest BCUT2D eigenvalue weighted by Crippen LogP contribution is -2.26. The second kappa shape index (κ2) is 5.56. The zero-order chi connectivity index (χ0) is 10.3. The van der Waals surface area contributed by atoms with Gasteiger partial charge in [0.1, 0.15) is 0 Å². The first-order valence-electron chi connectivity index (χ1n) is 3.60. The Labute approximate surface area is 77.2 Å². The van der Waals surface area contributed by atoms with Gasteiger partial charge >= 0.3 is 5.97 Å². The second-order valence-electron chi connectivity index (χ2n) is 2.34. The summed E-state index contributed by atoms with van der Waals surface area (Å²) >= 11 is 0. The molecule has 0 rings (SSSR count). The summed E-state index contributed by atoms with van der Waals surface area (Å²) in [6, 6.07) is 0. The van der Waals surface area contributed by atoms with Crippen LogP contribution in [-0.2, 0) is 14.8 Å². The molecule has 0 heterocycles. The van der Waals surface area contributed by atoms with Gasteiger partial charge in [-0.3, -0.25) is 4.79 Å². The molecular weight excluding hydrogens is 194 g/mol. The van der Waals surface area contributed by atoms with Gasteiger partial charge < -0.3 is 5.11 Å². The van der Waals surface area contributed by atoms with Crippen LogP contribution in [0, 0.1) is 12.3 Å².